The van der Waals surface area contributed by atoms with Crippen LogP contribution in [0.3, 0.4) is 0 Å². The number of benzene rings is 1. The zero-order chi connectivity index (χ0) is 22.9. The molecule has 1 aromatic carbocycles. The molecule has 3 rings (SSSR count). The van der Waals surface area contributed by atoms with E-state index in [4.69, 9.17) is 28.4 Å². The van der Waals surface area contributed by atoms with Crippen LogP contribution >= 0.6 is 12.2 Å². The van der Waals surface area contributed by atoms with Gasteiger partial charge in [0, 0.05) is 30.6 Å². The molecule has 166 valence electrons. The number of hydrogen-bond acceptors (Lipinski definition) is 5. The molecular weight excluding hydrogens is 431 g/mol. The first-order valence-corrected chi connectivity index (χ1v) is 9.88. The summed E-state index contributed by atoms with van der Waals surface area (Å²) in [5.74, 6) is -0.479. The maximum Gasteiger partial charge on any atom is 0.415 e. The fourth-order valence-corrected chi connectivity index (χ4v) is 3.82. The van der Waals surface area contributed by atoms with Gasteiger partial charge in [-0.3, -0.25) is 9.69 Å². The van der Waals surface area contributed by atoms with Crippen molar-refractivity contribution in [3.63, 3.8) is 0 Å². The fraction of sp³-hybridized carbons (Fsp3) is 0.400. The standard InChI is InChI=1S/C20H22F3N5O2S/c1-10-7-28(9-17(30-10)20(21,22)23)8-12-3-4-13-14(19(31)26-11(2)24)6-16(18(25)29)27-15(13)5-12/h3-6,10,17H,7-9H2,1-2H3,(H2,25,29)(H2,24,26,31)/t10-,17-/m1/s1. The molecule has 1 fully saturated rings. The summed E-state index contributed by atoms with van der Waals surface area (Å²) in [5, 5.41) is 0.632. The number of aromatic nitrogens is 1. The van der Waals surface area contributed by atoms with E-state index in [1.54, 1.807) is 36.9 Å². The highest BCUT2D eigenvalue weighted by Gasteiger charge is 2.44. The average molecular weight is 453 g/mol. The summed E-state index contributed by atoms with van der Waals surface area (Å²) >= 11 is 5.32. The number of ether oxygens (including phenoxy) is 1. The third kappa shape index (κ3) is 5.54. The molecular formula is C20H22F3N5O2S. The fourth-order valence-electron chi connectivity index (χ4n) is 3.50. The lowest BCUT2D eigenvalue weighted by atomic mass is 10.0. The first-order chi connectivity index (χ1) is 14.4. The number of primary amides is 1. The van der Waals surface area contributed by atoms with Crippen molar-refractivity contribution in [1.29, 1.82) is 0 Å². The Morgan fingerprint density at radius 1 is 1.32 bits per heavy atom. The van der Waals surface area contributed by atoms with Gasteiger partial charge in [-0.1, -0.05) is 24.4 Å². The quantitative estimate of drug-likeness (QED) is 0.419. The summed E-state index contributed by atoms with van der Waals surface area (Å²) in [7, 11) is 0. The SMILES string of the molecule is CC(N)=NC(=S)c1cc(C(N)=O)nc2cc(CN3C[C@@H](C)O[C@@H](C(F)(F)F)C3)ccc12. The predicted molar refractivity (Wildman–Crippen MR) is 115 cm³/mol. The van der Waals surface area contributed by atoms with E-state index in [0.29, 0.717) is 23.0 Å². The van der Waals surface area contributed by atoms with Gasteiger partial charge in [0.25, 0.3) is 5.91 Å². The van der Waals surface area contributed by atoms with Crippen LogP contribution in [-0.2, 0) is 11.3 Å². The number of thiocarbonyl (C=S) groups is 1. The van der Waals surface area contributed by atoms with Gasteiger partial charge >= 0.3 is 6.18 Å². The van der Waals surface area contributed by atoms with E-state index in [9.17, 15) is 18.0 Å². The number of alkyl halides is 3. The molecule has 2 heterocycles. The number of pyridine rings is 1. The first kappa shape index (κ1) is 23.0. The third-order valence-electron chi connectivity index (χ3n) is 4.74. The Hall–Kier alpha value is -2.63. The molecule has 2 atom stereocenters. The smallest absolute Gasteiger partial charge is 0.387 e. The summed E-state index contributed by atoms with van der Waals surface area (Å²) in [6.07, 6.45) is -6.82. The highest BCUT2D eigenvalue weighted by molar-refractivity contribution is 7.80. The highest BCUT2D eigenvalue weighted by Crippen LogP contribution is 2.29. The number of rotatable bonds is 4. The van der Waals surface area contributed by atoms with Crippen LogP contribution in [0.25, 0.3) is 10.9 Å². The van der Waals surface area contributed by atoms with Crippen LogP contribution in [0.15, 0.2) is 29.3 Å². The molecule has 0 spiro atoms. The molecule has 1 aromatic heterocycles. The van der Waals surface area contributed by atoms with Crippen molar-refractivity contribution in [1.82, 2.24) is 9.88 Å². The molecule has 0 aliphatic carbocycles. The second-order valence-corrected chi connectivity index (χ2v) is 7.89. The van der Waals surface area contributed by atoms with Gasteiger partial charge < -0.3 is 16.2 Å². The van der Waals surface area contributed by atoms with Crippen LogP contribution in [0.2, 0.25) is 0 Å². The van der Waals surface area contributed by atoms with Crippen LogP contribution in [0, 0.1) is 0 Å². The van der Waals surface area contributed by atoms with Crippen molar-refractivity contribution in [3.05, 3.63) is 41.1 Å². The van der Waals surface area contributed by atoms with Crippen LogP contribution in [-0.4, -0.2) is 58.1 Å². The van der Waals surface area contributed by atoms with E-state index in [1.807, 2.05) is 0 Å². The zero-order valence-corrected chi connectivity index (χ0v) is 17.8. The van der Waals surface area contributed by atoms with Gasteiger partial charge in [0.2, 0.25) is 0 Å². The Morgan fingerprint density at radius 3 is 2.65 bits per heavy atom. The molecule has 0 saturated carbocycles. The van der Waals surface area contributed by atoms with Crippen LogP contribution in [0.1, 0.15) is 35.5 Å². The Bertz CT molecular complexity index is 1050. The summed E-state index contributed by atoms with van der Waals surface area (Å²) in [4.78, 5) is 21.9. The van der Waals surface area contributed by atoms with Crippen LogP contribution in [0.4, 0.5) is 13.2 Å². The van der Waals surface area contributed by atoms with E-state index in [2.05, 4.69) is 9.98 Å². The van der Waals surface area contributed by atoms with E-state index in [1.165, 1.54) is 6.07 Å². The number of fused-ring (bicyclic) bond motifs is 1. The molecule has 0 radical (unpaired) electrons. The van der Waals surface area contributed by atoms with E-state index < -0.39 is 24.3 Å². The number of aliphatic imine (C=N–C) groups is 1. The highest BCUT2D eigenvalue weighted by atomic mass is 32.1. The van der Waals surface area contributed by atoms with Gasteiger partial charge in [-0.25, -0.2) is 9.98 Å². The van der Waals surface area contributed by atoms with Gasteiger partial charge in [0.15, 0.2) is 6.10 Å². The maximum atomic E-state index is 13.1. The molecule has 31 heavy (non-hydrogen) atoms. The van der Waals surface area contributed by atoms with Crippen molar-refractivity contribution in [2.45, 2.75) is 38.8 Å². The van der Waals surface area contributed by atoms with E-state index in [-0.39, 0.29) is 29.6 Å². The van der Waals surface area contributed by atoms with Crippen LogP contribution < -0.4 is 11.5 Å². The van der Waals surface area contributed by atoms with Crippen molar-refractivity contribution in [3.8, 4) is 0 Å². The van der Waals surface area contributed by atoms with Gasteiger partial charge in [-0.15, -0.1) is 0 Å². The van der Waals surface area contributed by atoms with Crippen molar-refractivity contribution in [2.75, 3.05) is 13.1 Å². The molecule has 4 N–H and O–H groups in total. The molecule has 0 unspecified atom stereocenters. The number of morpholine rings is 1. The van der Waals surface area contributed by atoms with Gasteiger partial charge in [-0.05, 0) is 31.5 Å². The van der Waals surface area contributed by atoms with Gasteiger partial charge in [0.05, 0.1) is 17.5 Å². The van der Waals surface area contributed by atoms with E-state index >= 15 is 0 Å². The molecule has 1 aliphatic rings. The lowest BCUT2D eigenvalue weighted by Gasteiger charge is -2.37. The molecule has 1 amide bonds. The average Bonchev–Trinajstić information content (AvgIpc) is 2.65. The lowest BCUT2D eigenvalue weighted by molar-refractivity contribution is -0.252. The summed E-state index contributed by atoms with van der Waals surface area (Å²) in [6.45, 7) is 3.55. The minimum absolute atomic E-state index is 0.00371. The van der Waals surface area contributed by atoms with Gasteiger partial charge in [-0.2, -0.15) is 13.2 Å². The number of nitrogens with two attached hydrogens (primary N) is 2. The molecule has 7 nitrogen and oxygen atoms in total. The Kier molecular flexibility index (Phi) is 6.58. The predicted octanol–water partition coefficient (Wildman–Crippen LogP) is 2.54. The number of amides is 1. The minimum Gasteiger partial charge on any atom is -0.387 e. The normalized spacial score (nSPS) is 20.7. The topological polar surface area (TPSA) is 107 Å². The zero-order valence-electron chi connectivity index (χ0n) is 16.9. The molecule has 1 saturated heterocycles. The Balaban J connectivity index is 1.96. The van der Waals surface area contributed by atoms with Crippen molar-refractivity contribution < 1.29 is 22.7 Å². The Labute approximate surface area is 182 Å². The van der Waals surface area contributed by atoms with Crippen molar-refractivity contribution in [2.24, 2.45) is 16.5 Å². The first-order valence-electron chi connectivity index (χ1n) is 9.47. The van der Waals surface area contributed by atoms with Crippen molar-refractivity contribution >= 4 is 39.9 Å². The number of halogens is 3. The van der Waals surface area contributed by atoms with Crippen LogP contribution in [0.5, 0.6) is 0 Å². The number of nitrogens with zero attached hydrogens (tertiary/aromatic N) is 3. The monoisotopic (exact) mass is 453 g/mol. The van der Waals surface area contributed by atoms with E-state index in [0.717, 1.165) is 5.56 Å². The third-order valence-corrected chi connectivity index (χ3v) is 5.05. The summed E-state index contributed by atoms with van der Waals surface area (Å²) < 4.78 is 44.4. The molecule has 11 heteroatoms. The number of amidine groups is 1. The lowest BCUT2D eigenvalue weighted by Crippen LogP contribution is -2.51. The maximum absolute atomic E-state index is 13.1. The number of carbonyl (C=O) groups is 1. The summed E-state index contributed by atoms with van der Waals surface area (Å²) in [5.41, 5.74) is 12.7. The molecule has 1 aliphatic heterocycles. The number of carbonyl (C=O) groups excluding carboxylic acids is 1. The molecule has 0 bridgehead atoms. The van der Waals surface area contributed by atoms with Gasteiger partial charge in [0.1, 0.15) is 10.7 Å². The summed E-state index contributed by atoms with van der Waals surface area (Å²) in [6, 6.07) is 6.69. The molecule has 2 aromatic rings. The number of hydrogen-bond donors (Lipinski definition) is 2. The second-order valence-electron chi connectivity index (χ2n) is 7.50. The Morgan fingerprint density at radius 2 is 2.03 bits per heavy atom. The largest absolute Gasteiger partial charge is 0.415 e. The second kappa shape index (κ2) is 8.85. The minimum atomic E-state index is -4.43.